The van der Waals surface area contributed by atoms with E-state index < -0.39 is 0 Å². The largest absolute Gasteiger partial charge is 0.371 e. The molecule has 0 bridgehead atoms. The number of anilines is 1. The van der Waals surface area contributed by atoms with Crippen molar-refractivity contribution in [3.63, 3.8) is 0 Å². The second kappa shape index (κ2) is 6.99. The third-order valence-electron chi connectivity index (χ3n) is 5.20. The monoisotopic (exact) mass is 353 g/mol. The maximum Gasteiger partial charge on any atom is 0.255 e. The zero-order chi connectivity index (χ0) is 18.0. The zero-order valence-electron chi connectivity index (χ0n) is 15.0. The summed E-state index contributed by atoms with van der Waals surface area (Å²) in [7, 11) is 0. The summed E-state index contributed by atoms with van der Waals surface area (Å²) in [5, 5.41) is 0. The van der Waals surface area contributed by atoms with Gasteiger partial charge in [-0.1, -0.05) is 0 Å². The van der Waals surface area contributed by atoms with Crippen LogP contribution >= 0.6 is 0 Å². The van der Waals surface area contributed by atoms with Gasteiger partial charge in [-0.3, -0.25) is 9.78 Å². The summed E-state index contributed by atoms with van der Waals surface area (Å²) in [5.41, 5.74) is 1.34. The summed E-state index contributed by atoms with van der Waals surface area (Å²) >= 11 is 0. The molecule has 4 rings (SSSR count). The Kier molecular flexibility index (Phi) is 4.55. The number of hydrogen-bond acceptors (Lipinski definition) is 6. The van der Waals surface area contributed by atoms with Crippen LogP contribution in [0.15, 0.2) is 36.8 Å². The summed E-state index contributed by atoms with van der Waals surface area (Å²) < 4.78 is 6.16. The van der Waals surface area contributed by atoms with E-state index in [0.717, 1.165) is 37.6 Å². The predicted octanol–water partition coefficient (Wildman–Crippen LogP) is 1.69. The highest BCUT2D eigenvalue weighted by molar-refractivity contribution is 5.94. The normalized spacial score (nSPS) is 19.6. The molecular weight excluding hydrogens is 330 g/mol. The first-order valence-electron chi connectivity index (χ1n) is 9.03. The molecule has 4 heterocycles. The van der Waals surface area contributed by atoms with E-state index in [1.807, 2.05) is 30.0 Å². The van der Waals surface area contributed by atoms with Crippen LogP contribution in [0.5, 0.6) is 0 Å². The number of pyridine rings is 1. The molecule has 0 radical (unpaired) electrons. The number of likely N-dealkylation sites (tertiary alicyclic amines) is 1. The van der Waals surface area contributed by atoms with Crippen molar-refractivity contribution in [3.05, 3.63) is 48.0 Å². The van der Waals surface area contributed by atoms with Crippen LogP contribution in [-0.2, 0) is 4.74 Å². The topological polar surface area (TPSA) is 71.5 Å². The highest BCUT2D eigenvalue weighted by atomic mass is 16.5. The van der Waals surface area contributed by atoms with Gasteiger partial charge in [-0.2, -0.15) is 0 Å². The van der Waals surface area contributed by atoms with Crippen LogP contribution in [0, 0.1) is 6.92 Å². The fourth-order valence-corrected chi connectivity index (χ4v) is 3.67. The van der Waals surface area contributed by atoms with E-state index in [0.29, 0.717) is 25.3 Å². The van der Waals surface area contributed by atoms with Crippen molar-refractivity contribution in [3.8, 4) is 0 Å². The molecule has 7 heteroatoms. The van der Waals surface area contributed by atoms with Crippen LogP contribution in [0.4, 0.5) is 5.95 Å². The molecule has 0 aromatic carbocycles. The number of rotatable bonds is 2. The highest BCUT2D eigenvalue weighted by Gasteiger charge is 2.41. The van der Waals surface area contributed by atoms with Gasteiger partial charge in [0.05, 0.1) is 24.3 Å². The van der Waals surface area contributed by atoms with Crippen molar-refractivity contribution < 1.29 is 9.53 Å². The molecule has 0 N–H and O–H groups in total. The first kappa shape index (κ1) is 16.9. The lowest BCUT2D eigenvalue weighted by molar-refractivity contribution is -0.0872. The van der Waals surface area contributed by atoms with Gasteiger partial charge in [0.1, 0.15) is 0 Å². The van der Waals surface area contributed by atoms with E-state index >= 15 is 0 Å². The number of ether oxygens (including phenoxy) is 1. The van der Waals surface area contributed by atoms with Gasteiger partial charge in [-0.15, -0.1) is 0 Å². The number of nitrogens with zero attached hydrogens (tertiary/aromatic N) is 5. The number of amides is 1. The SMILES string of the molecule is Cc1ccc(C(=O)N2CCC3(CC2)CN(c2ncccn2)CCO3)cn1. The fourth-order valence-electron chi connectivity index (χ4n) is 3.67. The second-order valence-corrected chi connectivity index (χ2v) is 6.98. The van der Waals surface area contributed by atoms with E-state index in [1.54, 1.807) is 18.6 Å². The molecule has 2 aromatic heterocycles. The number of hydrogen-bond donors (Lipinski definition) is 0. The quantitative estimate of drug-likeness (QED) is 0.818. The standard InChI is InChI=1S/C19H23N5O2/c1-15-3-4-16(13-22-15)17(25)23-9-5-19(6-10-23)14-24(11-12-26-19)18-20-7-2-8-21-18/h2-4,7-8,13H,5-6,9-12,14H2,1H3. The Labute approximate surface area is 153 Å². The number of aryl methyl sites for hydroxylation is 1. The van der Waals surface area contributed by atoms with Gasteiger partial charge in [0.2, 0.25) is 5.95 Å². The van der Waals surface area contributed by atoms with Crippen LogP contribution in [-0.4, -0.2) is 64.1 Å². The Bertz CT molecular complexity index is 757. The lowest BCUT2D eigenvalue weighted by Gasteiger charge is -2.47. The van der Waals surface area contributed by atoms with Gasteiger partial charge in [0.15, 0.2) is 0 Å². The van der Waals surface area contributed by atoms with Crippen LogP contribution < -0.4 is 4.90 Å². The van der Waals surface area contributed by atoms with Crippen LogP contribution in [0.2, 0.25) is 0 Å². The molecular formula is C19H23N5O2. The Morgan fingerprint density at radius 3 is 2.58 bits per heavy atom. The summed E-state index contributed by atoms with van der Waals surface area (Å²) in [6.45, 7) is 5.52. The van der Waals surface area contributed by atoms with Crippen molar-refractivity contribution in [1.82, 2.24) is 19.9 Å². The molecule has 0 saturated carbocycles. The van der Waals surface area contributed by atoms with Gasteiger partial charge in [-0.05, 0) is 38.0 Å². The second-order valence-electron chi connectivity index (χ2n) is 6.98. The predicted molar refractivity (Wildman–Crippen MR) is 97.0 cm³/mol. The van der Waals surface area contributed by atoms with Gasteiger partial charge in [0, 0.05) is 43.9 Å². The summed E-state index contributed by atoms with van der Waals surface area (Å²) in [5.74, 6) is 0.797. The molecule has 0 unspecified atom stereocenters. The van der Waals surface area contributed by atoms with Crippen LogP contribution in [0.3, 0.4) is 0 Å². The molecule has 2 fully saturated rings. The van der Waals surface area contributed by atoms with Crippen molar-refractivity contribution >= 4 is 11.9 Å². The van der Waals surface area contributed by atoms with E-state index in [9.17, 15) is 4.79 Å². The molecule has 136 valence electrons. The van der Waals surface area contributed by atoms with E-state index in [1.165, 1.54) is 0 Å². The van der Waals surface area contributed by atoms with E-state index in [4.69, 9.17) is 4.74 Å². The first-order chi connectivity index (χ1) is 12.7. The molecule has 2 aromatic rings. The van der Waals surface area contributed by atoms with Gasteiger partial charge in [0.25, 0.3) is 5.91 Å². The maximum atomic E-state index is 12.7. The number of morpholine rings is 1. The molecule has 2 saturated heterocycles. The molecule has 0 atom stereocenters. The first-order valence-corrected chi connectivity index (χ1v) is 9.03. The summed E-state index contributed by atoms with van der Waals surface area (Å²) in [4.78, 5) is 29.7. The minimum absolute atomic E-state index is 0.0476. The Balaban J connectivity index is 1.41. The average molecular weight is 353 g/mol. The summed E-state index contributed by atoms with van der Waals surface area (Å²) in [6, 6.07) is 5.55. The molecule has 26 heavy (non-hydrogen) atoms. The van der Waals surface area contributed by atoms with E-state index in [2.05, 4.69) is 19.9 Å². The Morgan fingerprint density at radius 2 is 1.88 bits per heavy atom. The fraction of sp³-hybridized carbons (Fsp3) is 0.474. The van der Waals surface area contributed by atoms with Crippen LogP contribution in [0.1, 0.15) is 28.9 Å². The van der Waals surface area contributed by atoms with Gasteiger partial charge >= 0.3 is 0 Å². The average Bonchev–Trinajstić information content (AvgIpc) is 2.69. The lowest BCUT2D eigenvalue weighted by Crippen LogP contribution is -2.58. The van der Waals surface area contributed by atoms with Gasteiger partial charge in [-0.25, -0.2) is 9.97 Å². The van der Waals surface area contributed by atoms with Crippen molar-refractivity contribution in [2.75, 3.05) is 37.7 Å². The molecule has 7 nitrogen and oxygen atoms in total. The van der Waals surface area contributed by atoms with Crippen molar-refractivity contribution in [2.45, 2.75) is 25.4 Å². The smallest absolute Gasteiger partial charge is 0.255 e. The van der Waals surface area contributed by atoms with Crippen molar-refractivity contribution in [1.29, 1.82) is 0 Å². The van der Waals surface area contributed by atoms with Crippen LogP contribution in [0.25, 0.3) is 0 Å². The van der Waals surface area contributed by atoms with E-state index in [-0.39, 0.29) is 11.5 Å². The third kappa shape index (κ3) is 3.39. The third-order valence-corrected chi connectivity index (χ3v) is 5.20. The zero-order valence-corrected chi connectivity index (χ0v) is 15.0. The number of carbonyl (C=O) groups is 1. The summed E-state index contributed by atoms with van der Waals surface area (Å²) in [6.07, 6.45) is 6.83. The Morgan fingerprint density at radius 1 is 1.12 bits per heavy atom. The molecule has 0 aliphatic carbocycles. The molecule has 1 spiro atoms. The molecule has 2 aliphatic heterocycles. The maximum absolute atomic E-state index is 12.7. The van der Waals surface area contributed by atoms with Gasteiger partial charge < -0.3 is 14.5 Å². The molecule has 2 aliphatic rings. The Hall–Kier alpha value is -2.54. The number of carbonyl (C=O) groups excluding carboxylic acids is 1. The lowest BCUT2D eigenvalue weighted by atomic mass is 9.89. The minimum Gasteiger partial charge on any atom is -0.371 e. The molecule has 1 amide bonds. The number of aromatic nitrogens is 3. The van der Waals surface area contributed by atoms with Crippen molar-refractivity contribution in [2.24, 2.45) is 0 Å². The minimum atomic E-state index is -0.222. The number of piperidine rings is 1. The highest BCUT2D eigenvalue weighted by Crippen LogP contribution is 2.31.